The largest absolute Gasteiger partial charge is 0.347 e. The highest BCUT2D eigenvalue weighted by Crippen LogP contribution is 2.29. The number of halogens is 1. The Morgan fingerprint density at radius 1 is 1.42 bits per heavy atom. The molecule has 1 saturated heterocycles. The summed E-state index contributed by atoms with van der Waals surface area (Å²) < 4.78 is 0.574. The summed E-state index contributed by atoms with van der Waals surface area (Å²) in [4.78, 5) is 29.5. The number of pyridine rings is 1. The van der Waals surface area contributed by atoms with E-state index in [2.05, 4.69) is 20.9 Å². The predicted octanol–water partition coefficient (Wildman–Crippen LogP) is 1.42. The molecular weight excluding hydrogens is 316 g/mol. The minimum Gasteiger partial charge on any atom is -0.347 e. The van der Waals surface area contributed by atoms with E-state index < -0.39 is 4.92 Å². The second kappa shape index (κ2) is 5.52. The van der Waals surface area contributed by atoms with E-state index in [4.69, 9.17) is 0 Å². The van der Waals surface area contributed by atoms with Crippen LogP contribution < -0.4 is 4.90 Å². The van der Waals surface area contributed by atoms with Gasteiger partial charge in [0, 0.05) is 49.8 Å². The van der Waals surface area contributed by atoms with E-state index >= 15 is 0 Å². The fraction of sp³-hybridized carbons (Fsp3) is 0.455. The van der Waals surface area contributed by atoms with Crippen LogP contribution >= 0.6 is 15.9 Å². The first kappa shape index (κ1) is 13.7. The summed E-state index contributed by atoms with van der Waals surface area (Å²) in [5, 5.41) is 11.0. The van der Waals surface area contributed by atoms with Crippen molar-refractivity contribution < 1.29 is 9.72 Å². The van der Waals surface area contributed by atoms with E-state index in [0.29, 0.717) is 36.5 Å². The van der Waals surface area contributed by atoms with Gasteiger partial charge in [0.1, 0.15) is 0 Å². The summed E-state index contributed by atoms with van der Waals surface area (Å²) in [5.41, 5.74) is -0.0225. The highest BCUT2D eigenvalue weighted by atomic mass is 79.9. The van der Waals surface area contributed by atoms with Crippen molar-refractivity contribution in [2.75, 3.05) is 31.1 Å². The first-order chi connectivity index (χ1) is 8.99. The van der Waals surface area contributed by atoms with Crippen molar-refractivity contribution in [1.29, 1.82) is 0 Å². The lowest BCUT2D eigenvalue weighted by atomic mass is 10.3. The Balaban J connectivity index is 2.20. The van der Waals surface area contributed by atoms with Crippen molar-refractivity contribution >= 4 is 33.3 Å². The van der Waals surface area contributed by atoms with Gasteiger partial charge in [-0.05, 0) is 15.9 Å². The van der Waals surface area contributed by atoms with Crippen molar-refractivity contribution in [1.82, 2.24) is 9.88 Å². The maximum absolute atomic E-state index is 11.2. The smallest absolute Gasteiger partial charge is 0.312 e. The average molecular weight is 329 g/mol. The molecule has 0 N–H and O–H groups in total. The van der Waals surface area contributed by atoms with Crippen LogP contribution in [0.15, 0.2) is 16.7 Å². The van der Waals surface area contributed by atoms with Crippen LogP contribution in [0.3, 0.4) is 0 Å². The fourth-order valence-electron chi connectivity index (χ4n) is 2.03. The molecule has 0 aromatic carbocycles. The Kier molecular flexibility index (Phi) is 3.98. The molecule has 8 heteroatoms. The van der Waals surface area contributed by atoms with Gasteiger partial charge in [0.05, 0.1) is 4.92 Å². The lowest BCUT2D eigenvalue weighted by Crippen LogP contribution is -2.48. The van der Waals surface area contributed by atoms with Crippen molar-refractivity contribution in [2.24, 2.45) is 0 Å². The van der Waals surface area contributed by atoms with Crippen LogP contribution in [0.2, 0.25) is 0 Å². The van der Waals surface area contributed by atoms with Crippen LogP contribution in [0.5, 0.6) is 0 Å². The number of anilines is 1. The Hall–Kier alpha value is -1.70. The third-order valence-electron chi connectivity index (χ3n) is 3.04. The molecule has 0 radical (unpaired) electrons. The van der Waals surface area contributed by atoms with Crippen LogP contribution in [-0.4, -0.2) is 46.9 Å². The summed E-state index contributed by atoms with van der Waals surface area (Å²) in [5.74, 6) is 0.384. The van der Waals surface area contributed by atoms with Crippen LogP contribution in [0.4, 0.5) is 11.5 Å². The second-order valence-corrected chi connectivity index (χ2v) is 5.16. The molecule has 2 heterocycles. The topological polar surface area (TPSA) is 79.6 Å². The van der Waals surface area contributed by atoms with E-state index in [1.165, 1.54) is 13.0 Å². The zero-order valence-corrected chi connectivity index (χ0v) is 12.0. The molecule has 1 aliphatic heterocycles. The number of carbonyl (C=O) groups is 1. The highest BCUT2D eigenvalue weighted by Gasteiger charge is 2.25. The molecule has 1 aromatic rings. The maximum Gasteiger partial charge on any atom is 0.312 e. The van der Waals surface area contributed by atoms with Gasteiger partial charge in [0.25, 0.3) is 0 Å². The normalized spacial score (nSPS) is 15.5. The zero-order chi connectivity index (χ0) is 14.0. The van der Waals surface area contributed by atoms with Gasteiger partial charge in [-0.1, -0.05) is 0 Å². The highest BCUT2D eigenvalue weighted by molar-refractivity contribution is 9.10. The molecule has 0 spiro atoms. The Morgan fingerprint density at radius 3 is 2.58 bits per heavy atom. The van der Waals surface area contributed by atoms with Gasteiger partial charge in [-0.25, -0.2) is 4.98 Å². The lowest BCUT2D eigenvalue weighted by Gasteiger charge is -2.34. The number of piperazine rings is 1. The molecule has 0 bridgehead atoms. The van der Waals surface area contributed by atoms with Gasteiger partial charge in [0.15, 0.2) is 0 Å². The van der Waals surface area contributed by atoms with Crippen molar-refractivity contribution in [3.05, 3.63) is 26.9 Å². The van der Waals surface area contributed by atoms with E-state index in [0.717, 1.165) is 0 Å². The molecule has 1 fully saturated rings. The number of rotatable bonds is 2. The molecule has 0 aliphatic carbocycles. The van der Waals surface area contributed by atoms with E-state index in [-0.39, 0.29) is 11.6 Å². The molecule has 2 rings (SSSR count). The minimum atomic E-state index is -0.440. The first-order valence-corrected chi connectivity index (χ1v) is 6.58. The number of carbonyl (C=O) groups excluding carboxylic acids is 1. The van der Waals surface area contributed by atoms with Gasteiger partial charge in [0.2, 0.25) is 11.7 Å². The van der Waals surface area contributed by atoms with Crippen molar-refractivity contribution in [2.45, 2.75) is 6.92 Å². The van der Waals surface area contributed by atoms with Crippen LogP contribution in [0.25, 0.3) is 0 Å². The van der Waals surface area contributed by atoms with Gasteiger partial charge in [-0.3, -0.25) is 14.9 Å². The number of nitrogens with zero attached hydrogens (tertiary/aromatic N) is 4. The number of nitro groups is 1. The predicted molar refractivity (Wildman–Crippen MR) is 73.1 cm³/mol. The second-order valence-electron chi connectivity index (χ2n) is 4.25. The molecule has 0 atom stereocenters. The zero-order valence-electron chi connectivity index (χ0n) is 10.4. The van der Waals surface area contributed by atoms with E-state index in [9.17, 15) is 14.9 Å². The summed E-state index contributed by atoms with van der Waals surface area (Å²) in [6, 6.07) is 1.44. The molecule has 0 saturated carbocycles. The molecule has 102 valence electrons. The Morgan fingerprint density at radius 2 is 2.05 bits per heavy atom. The fourth-order valence-corrected chi connectivity index (χ4v) is 2.35. The first-order valence-electron chi connectivity index (χ1n) is 5.79. The summed E-state index contributed by atoms with van der Waals surface area (Å²) in [6.45, 7) is 3.74. The van der Waals surface area contributed by atoms with E-state index in [1.54, 1.807) is 11.1 Å². The molecule has 0 unspecified atom stereocenters. The van der Waals surface area contributed by atoms with Gasteiger partial charge >= 0.3 is 5.69 Å². The molecule has 7 nitrogen and oxygen atoms in total. The van der Waals surface area contributed by atoms with Gasteiger partial charge < -0.3 is 9.80 Å². The Labute approximate surface area is 118 Å². The van der Waals surface area contributed by atoms with E-state index in [1.807, 2.05) is 4.90 Å². The number of hydrogen-bond acceptors (Lipinski definition) is 5. The third-order valence-corrected chi connectivity index (χ3v) is 3.47. The monoisotopic (exact) mass is 328 g/mol. The number of aromatic nitrogens is 1. The van der Waals surface area contributed by atoms with Crippen LogP contribution in [0.1, 0.15) is 6.92 Å². The maximum atomic E-state index is 11.2. The summed E-state index contributed by atoms with van der Waals surface area (Å²) >= 11 is 3.18. The quantitative estimate of drug-likeness (QED) is 0.606. The third kappa shape index (κ3) is 3.01. The molecular formula is C11H13BrN4O3. The molecule has 19 heavy (non-hydrogen) atoms. The van der Waals surface area contributed by atoms with Crippen LogP contribution in [0, 0.1) is 10.1 Å². The molecule has 1 amide bonds. The van der Waals surface area contributed by atoms with Crippen molar-refractivity contribution in [3.8, 4) is 0 Å². The Bertz CT molecular complexity index is 515. The van der Waals surface area contributed by atoms with Crippen molar-refractivity contribution in [3.63, 3.8) is 0 Å². The number of hydrogen-bond donors (Lipinski definition) is 0. The summed E-state index contributed by atoms with van der Waals surface area (Å²) in [7, 11) is 0. The SMILES string of the molecule is CC(=O)N1CCN(c2ncc(Br)cc2[N+](=O)[O-])CC1. The van der Waals surface area contributed by atoms with Gasteiger partial charge in [-0.2, -0.15) is 0 Å². The summed E-state index contributed by atoms with van der Waals surface area (Å²) in [6.07, 6.45) is 1.54. The minimum absolute atomic E-state index is 0.0225. The van der Waals surface area contributed by atoms with Gasteiger partial charge in [-0.15, -0.1) is 0 Å². The standard InChI is InChI=1S/C11H13BrN4O3/c1-8(17)14-2-4-15(5-3-14)11-10(16(18)19)6-9(12)7-13-11/h6-7H,2-5H2,1H3. The van der Waals surface area contributed by atoms with Crippen LogP contribution in [-0.2, 0) is 4.79 Å². The number of amides is 1. The lowest BCUT2D eigenvalue weighted by molar-refractivity contribution is -0.384. The molecule has 1 aliphatic rings. The average Bonchev–Trinajstić information content (AvgIpc) is 2.38. The molecule has 1 aromatic heterocycles.